The van der Waals surface area contributed by atoms with Crippen molar-refractivity contribution >= 4 is 50.2 Å². The lowest BCUT2D eigenvalue weighted by atomic mass is 9.73. The van der Waals surface area contributed by atoms with Gasteiger partial charge in [0.25, 0.3) is 5.91 Å². The van der Waals surface area contributed by atoms with E-state index in [0.29, 0.717) is 59.3 Å². The van der Waals surface area contributed by atoms with Crippen molar-refractivity contribution in [3.8, 4) is 22.3 Å². The van der Waals surface area contributed by atoms with E-state index in [1.54, 1.807) is 42.5 Å². The molecule has 0 radical (unpaired) electrons. The molecule has 2 amide bonds. The highest BCUT2D eigenvalue weighted by molar-refractivity contribution is 14.2. The zero-order chi connectivity index (χ0) is 37.4. The van der Waals surface area contributed by atoms with Crippen LogP contribution in [0.2, 0.25) is 0 Å². The van der Waals surface area contributed by atoms with Crippen LogP contribution in [0.4, 0.5) is 43.4 Å². The van der Waals surface area contributed by atoms with Crippen molar-refractivity contribution in [3.05, 3.63) is 138 Å². The Kier molecular flexibility index (Phi) is 9.87. The summed E-state index contributed by atoms with van der Waals surface area (Å²) in [6.45, 7) is -0.838. The van der Waals surface area contributed by atoms with Crippen LogP contribution in [-0.4, -0.2) is 31.1 Å². The summed E-state index contributed by atoms with van der Waals surface area (Å²) in [6, 6.07) is 31.5. The van der Waals surface area contributed by atoms with Crippen LogP contribution in [-0.2, 0) is 16.4 Å². The van der Waals surface area contributed by atoms with Crippen LogP contribution in [0.3, 0.4) is 0 Å². The fourth-order valence-corrected chi connectivity index (χ4v) is 9.12. The number of hydrogen-bond donors (Lipinski definition) is 2. The number of alkyl halides is 6. The molecule has 5 aromatic carbocycles. The van der Waals surface area contributed by atoms with Gasteiger partial charge in [-0.15, -0.1) is 0 Å². The number of anilines is 2. The number of halogens is 7. The maximum absolute atomic E-state index is 13.8. The molecule has 1 aliphatic carbocycles. The fourth-order valence-electron chi connectivity index (χ4n) is 7.05. The fraction of sp³-hybridized carbons (Fsp3) is 0.200. The zero-order valence-corrected chi connectivity index (χ0v) is 30.0. The lowest BCUT2D eigenvalue weighted by Crippen LogP contribution is -2.47. The largest absolute Gasteiger partial charge is 0.416 e. The van der Waals surface area contributed by atoms with Crippen molar-refractivity contribution in [2.45, 2.75) is 37.0 Å². The van der Waals surface area contributed by atoms with Gasteiger partial charge in [0.15, 0.2) is 0 Å². The molecule has 0 atom stereocenters. The average Bonchev–Trinajstić information content (AvgIpc) is 3.68. The van der Waals surface area contributed by atoms with Gasteiger partial charge in [-0.05, 0) is 89.0 Å². The van der Waals surface area contributed by atoms with Crippen LogP contribution in [0.1, 0.15) is 46.3 Å². The summed E-state index contributed by atoms with van der Waals surface area (Å²) in [5, 5.41) is 5.09. The number of rotatable bonds is 10. The first-order chi connectivity index (χ1) is 25.3. The second-order valence-electron chi connectivity index (χ2n) is 12.8. The molecule has 0 bridgehead atoms. The van der Waals surface area contributed by atoms with Crippen molar-refractivity contribution < 1.29 is 35.9 Å². The minimum Gasteiger partial charge on any atom is -0.346 e. The first-order valence-corrected chi connectivity index (χ1v) is 18.7. The molecule has 13 heteroatoms. The van der Waals surface area contributed by atoms with E-state index in [4.69, 9.17) is 3.15 Å². The summed E-state index contributed by atoms with van der Waals surface area (Å²) >= 11 is -0.778. The van der Waals surface area contributed by atoms with Gasteiger partial charge in [-0.1, -0.05) is 78.9 Å². The Labute approximate surface area is 311 Å². The highest BCUT2D eigenvalue weighted by Gasteiger charge is 2.49. The molecule has 53 heavy (non-hydrogen) atoms. The van der Waals surface area contributed by atoms with Gasteiger partial charge in [0.1, 0.15) is 33.3 Å². The predicted octanol–water partition coefficient (Wildman–Crippen LogP) is 11.0. The van der Waals surface area contributed by atoms with E-state index in [9.17, 15) is 35.9 Å². The molecule has 2 aliphatic rings. The molecule has 272 valence electrons. The summed E-state index contributed by atoms with van der Waals surface area (Å²) in [6.07, 6.45) is -7.56. The SMILES string of the molecule is O=C(Nc1ccc2c(c1)N(CCCCC1(C(=O)NCC(F)(F)F)c3ccccc3-c3ccccc31)I=N2)c1ccccc1-c1ccc(C(F)(F)F)cc1. The lowest BCUT2D eigenvalue weighted by Gasteiger charge is -2.31. The number of benzene rings is 5. The number of amides is 2. The molecule has 2 N–H and O–H groups in total. The Morgan fingerprint density at radius 2 is 1.36 bits per heavy atom. The summed E-state index contributed by atoms with van der Waals surface area (Å²) in [4.78, 5) is 27.3. The number of carbonyl (C=O) groups excluding carboxylic acids is 2. The van der Waals surface area contributed by atoms with Crippen LogP contribution in [0.15, 0.2) is 118 Å². The van der Waals surface area contributed by atoms with Gasteiger partial charge in [0.05, 0.1) is 16.9 Å². The first kappa shape index (κ1) is 36.3. The van der Waals surface area contributed by atoms with Crippen molar-refractivity contribution in [2.75, 3.05) is 21.5 Å². The van der Waals surface area contributed by atoms with E-state index in [-0.39, 0.29) is 0 Å². The Morgan fingerprint density at radius 1 is 0.736 bits per heavy atom. The minimum atomic E-state index is -4.56. The molecule has 7 rings (SSSR count). The Bertz CT molecular complexity index is 2170. The molecular formula is C40H31F6IN4O2. The number of fused-ring (bicyclic) bond motifs is 4. The third kappa shape index (κ3) is 7.31. The monoisotopic (exact) mass is 840 g/mol. The second-order valence-corrected chi connectivity index (χ2v) is 14.9. The standard InChI is InChI=1S/C40H31F6IN4O2/c41-39(42,43)24-48-37(53)38(32-13-5-3-10-29(32)30-11-4-6-14-33(30)38)21-7-8-22-51-35-23-27(19-20-34(35)50-47-51)49-36(52)31-12-2-1-9-28(31)25-15-17-26(18-16-25)40(44,45)46/h1-6,9-20,23H,7-8,21-22,24H2,(H,48,53)(H,49,52). The summed E-state index contributed by atoms with van der Waals surface area (Å²) in [7, 11) is 0. The number of unbranched alkanes of at least 4 members (excludes halogenated alkanes) is 1. The van der Waals surface area contributed by atoms with Crippen LogP contribution in [0, 0.1) is 0 Å². The molecule has 0 saturated heterocycles. The van der Waals surface area contributed by atoms with Gasteiger partial charge in [-0.25, -0.2) is 3.15 Å². The predicted molar refractivity (Wildman–Crippen MR) is 200 cm³/mol. The van der Waals surface area contributed by atoms with E-state index in [1.165, 1.54) is 12.1 Å². The van der Waals surface area contributed by atoms with Gasteiger partial charge >= 0.3 is 12.4 Å². The Balaban J connectivity index is 1.06. The smallest absolute Gasteiger partial charge is 0.346 e. The lowest BCUT2D eigenvalue weighted by molar-refractivity contribution is -0.141. The van der Waals surface area contributed by atoms with Crippen molar-refractivity contribution in [2.24, 2.45) is 3.15 Å². The summed E-state index contributed by atoms with van der Waals surface area (Å²) in [5.74, 6) is -1.11. The summed E-state index contributed by atoms with van der Waals surface area (Å²) < 4.78 is 86.0. The maximum atomic E-state index is 13.8. The van der Waals surface area contributed by atoms with Crippen LogP contribution in [0.5, 0.6) is 0 Å². The maximum Gasteiger partial charge on any atom is 0.416 e. The summed E-state index contributed by atoms with van der Waals surface area (Å²) in [5.41, 5.74) is 4.37. The Morgan fingerprint density at radius 3 is 2.00 bits per heavy atom. The molecule has 0 aromatic heterocycles. The van der Waals surface area contributed by atoms with Gasteiger partial charge in [0, 0.05) is 17.8 Å². The van der Waals surface area contributed by atoms with Crippen LogP contribution in [0.25, 0.3) is 22.3 Å². The van der Waals surface area contributed by atoms with Gasteiger partial charge in [-0.2, -0.15) is 26.3 Å². The molecule has 1 heterocycles. The van der Waals surface area contributed by atoms with Crippen LogP contribution >= 0.6 is 21.3 Å². The van der Waals surface area contributed by atoms with Crippen molar-refractivity contribution in [1.29, 1.82) is 0 Å². The first-order valence-electron chi connectivity index (χ1n) is 16.7. The number of hydrogen-bond acceptors (Lipinski definition) is 4. The normalized spacial score (nSPS) is 14.2. The van der Waals surface area contributed by atoms with E-state index in [2.05, 4.69) is 13.7 Å². The molecule has 0 spiro atoms. The molecule has 0 saturated carbocycles. The minimum absolute atomic E-state index is 0.296. The van der Waals surface area contributed by atoms with E-state index in [1.807, 2.05) is 48.5 Å². The number of nitrogens with zero attached hydrogens (tertiary/aromatic N) is 2. The molecule has 1 aliphatic heterocycles. The van der Waals surface area contributed by atoms with E-state index in [0.717, 1.165) is 34.6 Å². The number of carbonyl (C=O) groups is 2. The van der Waals surface area contributed by atoms with Gasteiger partial charge < -0.3 is 13.7 Å². The van der Waals surface area contributed by atoms with Crippen molar-refractivity contribution in [1.82, 2.24) is 5.32 Å². The molecule has 6 nitrogen and oxygen atoms in total. The topological polar surface area (TPSA) is 73.8 Å². The van der Waals surface area contributed by atoms with Gasteiger partial charge in [-0.3, -0.25) is 9.59 Å². The molecule has 5 aromatic rings. The zero-order valence-electron chi connectivity index (χ0n) is 27.9. The molecular weight excluding hydrogens is 809 g/mol. The number of nitrogens with one attached hydrogen (secondary N) is 2. The second kappa shape index (κ2) is 14.4. The third-order valence-electron chi connectivity index (χ3n) is 9.47. The Hall–Kier alpha value is -5.05. The average molecular weight is 841 g/mol. The van der Waals surface area contributed by atoms with Gasteiger partial charge in [0.2, 0.25) is 5.91 Å². The molecule has 0 fully saturated rings. The third-order valence-corrected chi connectivity index (χ3v) is 11.7. The van der Waals surface area contributed by atoms with Crippen LogP contribution < -0.4 is 13.7 Å². The quantitative estimate of drug-likeness (QED) is 0.0637. The highest BCUT2D eigenvalue weighted by Crippen LogP contribution is 2.52. The van der Waals surface area contributed by atoms with E-state index >= 15 is 0 Å². The molecule has 0 unspecified atom stereocenters. The van der Waals surface area contributed by atoms with E-state index < -0.39 is 63.0 Å². The highest BCUT2D eigenvalue weighted by atomic mass is 127. The van der Waals surface area contributed by atoms with Crippen molar-refractivity contribution in [3.63, 3.8) is 0 Å².